The monoisotopic (exact) mass is 417 g/mol. The standard InChI is InChI=1S/C20H20ClN3O3S/c1-13-5-8-15(9-6-13)19-22-20(27-23-19)18-4-3-11-24(18)28(25,26)16-10-7-14(2)17(21)12-16/h5-10,12,18H,3-4,11H2,1-2H3. The van der Waals surface area contributed by atoms with Crippen molar-refractivity contribution in [2.75, 3.05) is 6.54 Å². The number of sulfonamides is 1. The second-order valence-corrected chi connectivity index (χ2v) is 9.30. The molecule has 1 aliphatic heterocycles. The molecule has 146 valence electrons. The van der Waals surface area contributed by atoms with E-state index >= 15 is 0 Å². The van der Waals surface area contributed by atoms with Gasteiger partial charge in [0.2, 0.25) is 21.7 Å². The summed E-state index contributed by atoms with van der Waals surface area (Å²) in [6.07, 6.45) is 1.36. The second kappa shape index (κ2) is 7.31. The van der Waals surface area contributed by atoms with Crippen LogP contribution in [0.15, 0.2) is 51.9 Å². The Morgan fingerprint density at radius 1 is 1.14 bits per heavy atom. The van der Waals surface area contributed by atoms with Crippen LogP contribution in [0.25, 0.3) is 11.4 Å². The van der Waals surface area contributed by atoms with E-state index in [1.54, 1.807) is 12.1 Å². The van der Waals surface area contributed by atoms with Crippen molar-refractivity contribution >= 4 is 21.6 Å². The minimum atomic E-state index is -3.72. The molecule has 8 heteroatoms. The van der Waals surface area contributed by atoms with E-state index in [0.29, 0.717) is 29.7 Å². The molecule has 2 heterocycles. The Kier molecular flexibility index (Phi) is 4.99. The molecule has 6 nitrogen and oxygen atoms in total. The summed E-state index contributed by atoms with van der Waals surface area (Å²) in [6.45, 7) is 4.24. The average Bonchev–Trinajstić information content (AvgIpc) is 3.33. The van der Waals surface area contributed by atoms with E-state index in [1.165, 1.54) is 10.4 Å². The van der Waals surface area contributed by atoms with Crippen LogP contribution in [0.2, 0.25) is 5.02 Å². The number of hydrogen-bond acceptors (Lipinski definition) is 5. The fraction of sp³-hybridized carbons (Fsp3) is 0.300. The van der Waals surface area contributed by atoms with Crippen molar-refractivity contribution in [2.24, 2.45) is 0 Å². The largest absolute Gasteiger partial charge is 0.337 e. The van der Waals surface area contributed by atoms with Gasteiger partial charge in [-0.3, -0.25) is 0 Å². The van der Waals surface area contributed by atoms with E-state index < -0.39 is 16.1 Å². The third-order valence-corrected chi connectivity index (χ3v) is 7.30. The van der Waals surface area contributed by atoms with E-state index in [-0.39, 0.29) is 4.90 Å². The molecule has 28 heavy (non-hydrogen) atoms. The van der Waals surface area contributed by atoms with E-state index in [0.717, 1.165) is 23.1 Å². The Morgan fingerprint density at radius 3 is 2.61 bits per heavy atom. The summed E-state index contributed by atoms with van der Waals surface area (Å²) in [5.74, 6) is 0.771. The summed E-state index contributed by atoms with van der Waals surface area (Å²) in [5, 5.41) is 4.47. The Bertz CT molecular complexity index is 1110. The minimum absolute atomic E-state index is 0.174. The molecule has 4 rings (SSSR count). The Morgan fingerprint density at radius 2 is 1.89 bits per heavy atom. The van der Waals surface area contributed by atoms with Gasteiger partial charge in [-0.05, 0) is 44.4 Å². The first kappa shape index (κ1) is 19.1. The van der Waals surface area contributed by atoms with Crippen LogP contribution >= 0.6 is 11.6 Å². The molecule has 0 saturated carbocycles. The normalized spacial score (nSPS) is 17.9. The Balaban J connectivity index is 1.65. The summed E-state index contributed by atoms with van der Waals surface area (Å²) in [4.78, 5) is 4.65. The fourth-order valence-electron chi connectivity index (χ4n) is 3.33. The van der Waals surface area contributed by atoms with Crippen molar-refractivity contribution in [1.29, 1.82) is 0 Å². The van der Waals surface area contributed by atoms with Gasteiger partial charge in [0, 0.05) is 17.1 Å². The van der Waals surface area contributed by atoms with E-state index in [9.17, 15) is 8.42 Å². The zero-order valence-corrected chi connectivity index (χ0v) is 17.2. The number of aromatic nitrogens is 2. The molecule has 1 unspecified atom stereocenters. The van der Waals surface area contributed by atoms with Crippen molar-refractivity contribution in [1.82, 2.24) is 14.4 Å². The highest BCUT2D eigenvalue weighted by atomic mass is 35.5. The highest BCUT2D eigenvalue weighted by molar-refractivity contribution is 7.89. The first-order valence-corrected chi connectivity index (χ1v) is 10.9. The number of rotatable bonds is 4. The number of benzene rings is 2. The third-order valence-electron chi connectivity index (χ3n) is 4.99. The van der Waals surface area contributed by atoms with E-state index in [1.807, 2.05) is 38.1 Å². The van der Waals surface area contributed by atoms with Gasteiger partial charge in [0.05, 0.1) is 4.90 Å². The molecule has 0 bridgehead atoms. The molecular formula is C20H20ClN3O3S. The lowest BCUT2D eigenvalue weighted by atomic mass is 10.1. The predicted octanol–water partition coefficient (Wildman–Crippen LogP) is 4.53. The first-order chi connectivity index (χ1) is 13.4. The molecule has 1 aliphatic rings. The van der Waals surface area contributed by atoms with Gasteiger partial charge in [-0.15, -0.1) is 0 Å². The number of hydrogen-bond donors (Lipinski definition) is 0. The molecule has 0 aliphatic carbocycles. The Hall–Kier alpha value is -2.22. The summed E-state index contributed by atoms with van der Waals surface area (Å²) >= 11 is 6.14. The molecule has 1 atom stereocenters. The Labute approximate surface area is 169 Å². The second-order valence-electron chi connectivity index (χ2n) is 7.01. The predicted molar refractivity (Wildman–Crippen MR) is 107 cm³/mol. The van der Waals surface area contributed by atoms with Crippen LogP contribution in [0.1, 0.15) is 35.9 Å². The van der Waals surface area contributed by atoms with Crippen molar-refractivity contribution in [2.45, 2.75) is 37.6 Å². The molecule has 0 N–H and O–H groups in total. The van der Waals surface area contributed by atoms with Crippen LogP contribution in [0.3, 0.4) is 0 Å². The van der Waals surface area contributed by atoms with E-state index in [4.69, 9.17) is 16.1 Å². The molecule has 0 amide bonds. The lowest BCUT2D eigenvalue weighted by Crippen LogP contribution is -2.30. The molecule has 2 aromatic carbocycles. The summed E-state index contributed by atoms with van der Waals surface area (Å²) < 4.78 is 33.2. The van der Waals surface area contributed by atoms with Gasteiger partial charge in [-0.2, -0.15) is 9.29 Å². The maximum atomic E-state index is 13.2. The van der Waals surface area contributed by atoms with Gasteiger partial charge in [-0.1, -0.05) is 52.7 Å². The van der Waals surface area contributed by atoms with Crippen molar-refractivity contribution in [3.05, 3.63) is 64.5 Å². The van der Waals surface area contributed by atoms with Gasteiger partial charge < -0.3 is 4.52 Å². The average molecular weight is 418 g/mol. The minimum Gasteiger partial charge on any atom is -0.337 e. The number of halogens is 1. The first-order valence-electron chi connectivity index (χ1n) is 9.05. The molecular weight excluding hydrogens is 398 g/mol. The van der Waals surface area contributed by atoms with Crippen LogP contribution in [0.5, 0.6) is 0 Å². The van der Waals surface area contributed by atoms with Crippen LogP contribution < -0.4 is 0 Å². The van der Waals surface area contributed by atoms with Gasteiger partial charge >= 0.3 is 0 Å². The van der Waals surface area contributed by atoms with Crippen LogP contribution in [-0.2, 0) is 10.0 Å². The third kappa shape index (κ3) is 3.45. The highest BCUT2D eigenvalue weighted by Crippen LogP contribution is 2.37. The van der Waals surface area contributed by atoms with Crippen molar-refractivity contribution in [3.8, 4) is 11.4 Å². The number of aryl methyl sites for hydroxylation is 2. The molecule has 0 spiro atoms. The highest BCUT2D eigenvalue weighted by Gasteiger charge is 2.39. The maximum Gasteiger partial charge on any atom is 0.245 e. The summed E-state index contributed by atoms with van der Waals surface area (Å²) in [5.41, 5.74) is 2.80. The number of nitrogens with zero attached hydrogens (tertiary/aromatic N) is 3. The van der Waals surface area contributed by atoms with Gasteiger partial charge in [0.15, 0.2) is 0 Å². The van der Waals surface area contributed by atoms with Gasteiger partial charge in [0.25, 0.3) is 0 Å². The van der Waals surface area contributed by atoms with Crippen molar-refractivity contribution in [3.63, 3.8) is 0 Å². The lowest BCUT2D eigenvalue weighted by molar-refractivity contribution is 0.290. The lowest BCUT2D eigenvalue weighted by Gasteiger charge is -2.21. The van der Waals surface area contributed by atoms with Crippen LogP contribution in [0, 0.1) is 13.8 Å². The van der Waals surface area contributed by atoms with E-state index in [2.05, 4.69) is 10.1 Å². The zero-order chi connectivity index (χ0) is 19.9. The maximum absolute atomic E-state index is 13.2. The summed E-state index contributed by atoms with van der Waals surface area (Å²) in [6, 6.07) is 12.1. The topological polar surface area (TPSA) is 76.3 Å². The van der Waals surface area contributed by atoms with Crippen LogP contribution in [0.4, 0.5) is 0 Å². The van der Waals surface area contributed by atoms with Gasteiger partial charge in [-0.25, -0.2) is 8.42 Å². The molecule has 1 saturated heterocycles. The van der Waals surface area contributed by atoms with Crippen LogP contribution in [-0.4, -0.2) is 29.4 Å². The summed E-state index contributed by atoms with van der Waals surface area (Å²) in [7, 11) is -3.72. The molecule has 0 radical (unpaired) electrons. The van der Waals surface area contributed by atoms with Crippen molar-refractivity contribution < 1.29 is 12.9 Å². The SMILES string of the molecule is Cc1ccc(-c2noc(C3CCCN3S(=O)(=O)c3ccc(C)c(Cl)c3)n2)cc1. The molecule has 1 aromatic heterocycles. The van der Waals surface area contributed by atoms with Gasteiger partial charge in [0.1, 0.15) is 6.04 Å². The molecule has 1 fully saturated rings. The quantitative estimate of drug-likeness (QED) is 0.623. The smallest absolute Gasteiger partial charge is 0.245 e. The zero-order valence-electron chi connectivity index (χ0n) is 15.6. The molecule has 3 aromatic rings. The fourth-order valence-corrected chi connectivity index (χ4v) is 5.26.